The number of carboxylic acids is 3. The fourth-order valence-corrected chi connectivity index (χ4v) is 4.45. The third-order valence-electron chi connectivity index (χ3n) is 7.31. The molecule has 0 aliphatic carbocycles. The Morgan fingerprint density at radius 2 is 1.10 bits per heavy atom. The summed E-state index contributed by atoms with van der Waals surface area (Å²) in [7, 11) is 0. The second-order valence-corrected chi connectivity index (χ2v) is 12.2. The van der Waals surface area contributed by atoms with Crippen molar-refractivity contribution < 1.29 is 63.9 Å². The molecule has 0 aliphatic heterocycles. The van der Waals surface area contributed by atoms with E-state index in [4.69, 9.17) is 10.8 Å². The van der Waals surface area contributed by atoms with Crippen molar-refractivity contribution >= 4 is 47.4 Å². The summed E-state index contributed by atoms with van der Waals surface area (Å²) in [6.07, 6.45) is -2.26. The third-order valence-corrected chi connectivity index (χ3v) is 7.31. The molecule has 6 atom stereocenters. The third kappa shape index (κ3) is 14.4. The van der Waals surface area contributed by atoms with Gasteiger partial charge in [-0.15, -0.1) is 0 Å². The molecule has 278 valence electrons. The number of phenols is 1. The quantitative estimate of drug-likeness (QED) is 0.0624. The smallest absolute Gasteiger partial charge is 0.326 e. The maximum Gasteiger partial charge on any atom is 0.326 e. The highest BCUT2D eigenvalue weighted by Crippen LogP contribution is 2.13. The average Bonchev–Trinajstić information content (AvgIpc) is 3.02. The number of nitrogens with one attached hydrogen (secondary N) is 5. The average molecular weight is 711 g/mol. The first-order chi connectivity index (χ1) is 23.3. The normalized spacial score (nSPS) is 14.6. The number of nitrogens with two attached hydrogens (primary N) is 1. The number of carbonyl (C=O) groups excluding carboxylic acids is 5. The van der Waals surface area contributed by atoms with Gasteiger partial charge in [0.2, 0.25) is 29.5 Å². The lowest BCUT2D eigenvalue weighted by molar-refractivity contribution is -0.143. The first kappa shape index (κ1) is 42.7. The summed E-state index contributed by atoms with van der Waals surface area (Å²) in [5, 5.41) is 58.4. The van der Waals surface area contributed by atoms with E-state index in [0.717, 1.165) is 0 Å². The molecular weight excluding hydrogens is 664 g/mol. The second-order valence-electron chi connectivity index (χ2n) is 12.2. The first-order valence-corrected chi connectivity index (χ1v) is 15.6. The highest BCUT2D eigenvalue weighted by atomic mass is 16.4. The number of aromatic hydroxyl groups is 1. The van der Waals surface area contributed by atoms with Gasteiger partial charge in [-0.2, -0.15) is 0 Å². The summed E-state index contributed by atoms with van der Waals surface area (Å²) in [6.45, 7) is 5.36. The molecule has 0 heterocycles. The number of benzene rings is 1. The highest BCUT2D eigenvalue weighted by Gasteiger charge is 2.35. The van der Waals surface area contributed by atoms with E-state index >= 15 is 0 Å². The number of rotatable bonds is 21. The van der Waals surface area contributed by atoms with E-state index < -0.39 is 121 Å². The van der Waals surface area contributed by atoms with E-state index in [1.165, 1.54) is 38.1 Å². The van der Waals surface area contributed by atoms with Crippen LogP contribution in [0, 0.1) is 11.8 Å². The van der Waals surface area contributed by atoms with Gasteiger partial charge in [0, 0.05) is 12.8 Å². The van der Waals surface area contributed by atoms with E-state index in [1.807, 2.05) is 0 Å². The predicted molar refractivity (Wildman–Crippen MR) is 173 cm³/mol. The van der Waals surface area contributed by atoms with Gasteiger partial charge >= 0.3 is 17.9 Å². The fourth-order valence-electron chi connectivity index (χ4n) is 4.45. The van der Waals surface area contributed by atoms with Crippen LogP contribution < -0.4 is 32.3 Å². The number of aliphatic hydroxyl groups is 1. The Morgan fingerprint density at radius 3 is 1.54 bits per heavy atom. The van der Waals surface area contributed by atoms with Gasteiger partial charge in [-0.1, -0.05) is 39.8 Å². The molecule has 0 spiro atoms. The number of hydrogen-bond acceptors (Lipinski definition) is 11. The van der Waals surface area contributed by atoms with E-state index in [9.17, 15) is 58.8 Å². The molecule has 1 aromatic carbocycles. The highest BCUT2D eigenvalue weighted by molar-refractivity contribution is 5.97. The Morgan fingerprint density at radius 1 is 0.640 bits per heavy atom. The van der Waals surface area contributed by atoms with Crippen molar-refractivity contribution in [2.75, 3.05) is 6.61 Å². The molecule has 19 nitrogen and oxygen atoms in total. The van der Waals surface area contributed by atoms with Gasteiger partial charge in [-0.25, -0.2) is 4.79 Å². The van der Waals surface area contributed by atoms with Crippen LogP contribution in [0.15, 0.2) is 24.3 Å². The summed E-state index contributed by atoms with van der Waals surface area (Å²) >= 11 is 0. The lowest BCUT2D eigenvalue weighted by atomic mass is 10.00. The maximum atomic E-state index is 13.4. The van der Waals surface area contributed by atoms with Crippen LogP contribution in [0.1, 0.15) is 52.5 Å². The zero-order chi connectivity index (χ0) is 38.3. The fraction of sp³-hybridized carbons (Fsp3) is 0.548. The van der Waals surface area contributed by atoms with Crippen LogP contribution in [0.5, 0.6) is 5.75 Å². The number of carboxylic acid groups (broad SMARTS) is 3. The van der Waals surface area contributed by atoms with E-state index in [0.29, 0.717) is 5.56 Å². The van der Waals surface area contributed by atoms with Gasteiger partial charge in [-0.05, 0) is 36.0 Å². The topological polar surface area (TPSA) is 324 Å². The molecular formula is C31H46N6O13. The number of amides is 5. The van der Waals surface area contributed by atoms with Crippen LogP contribution in [-0.4, -0.2) is 116 Å². The summed E-state index contributed by atoms with van der Waals surface area (Å²) in [5.41, 5.74) is 5.92. The van der Waals surface area contributed by atoms with E-state index in [-0.39, 0.29) is 12.2 Å². The standard InChI is InChI=1S/C31H46N6O13/c1-14(2)24(36-26(44)18(32)13-38)30(48)34-20(12-23(42)43)28(46)37-25(15(3)4)29(47)33-19(9-10-22(40)41)27(45)35-21(31(49)50)11-16-5-7-17(39)8-6-16/h5-8,14-15,18-21,24-25,38-39H,9-13,32H2,1-4H3,(H,33,47)(H,34,48)(H,35,45)(H,36,44)(H,37,46)(H,40,41)(H,42,43)(H,49,50). The van der Waals surface area contributed by atoms with Gasteiger partial charge in [-0.3, -0.25) is 33.6 Å². The molecule has 0 aliphatic rings. The van der Waals surface area contributed by atoms with Crippen molar-refractivity contribution in [3.05, 3.63) is 29.8 Å². The molecule has 19 heteroatoms. The lowest BCUT2D eigenvalue weighted by Gasteiger charge is -2.28. The molecule has 0 radical (unpaired) electrons. The van der Waals surface area contributed by atoms with Gasteiger partial charge in [0.05, 0.1) is 13.0 Å². The monoisotopic (exact) mass is 710 g/mol. The largest absolute Gasteiger partial charge is 0.508 e. The van der Waals surface area contributed by atoms with E-state index in [1.54, 1.807) is 13.8 Å². The SMILES string of the molecule is CC(C)C(NC(=O)C(N)CO)C(=O)NC(CC(=O)O)C(=O)NC(C(=O)NC(CCC(=O)O)C(=O)NC(Cc1ccc(O)cc1)C(=O)O)C(C)C. The molecule has 12 N–H and O–H groups in total. The van der Waals surface area contributed by atoms with Crippen molar-refractivity contribution in [3.8, 4) is 5.75 Å². The van der Waals surface area contributed by atoms with Crippen LogP contribution in [-0.2, 0) is 44.8 Å². The van der Waals surface area contributed by atoms with E-state index in [2.05, 4.69) is 26.6 Å². The minimum atomic E-state index is -1.76. The van der Waals surface area contributed by atoms with Crippen molar-refractivity contribution in [1.29, 1.82) is 0 Å². The minimum absolute atomic E-state index is 0.0720. The van der Waals surface area contributed by atoms with Gasteiger partial charge in [0.1, 0.15) is 42.0 Å². The zero-order valence-corrected chi connectivity index (χ0v) is 28.0. The maximum absolute atomic E-state index is 13.4. The Hall–Kier alpha value is -5.30. The first-order valence-electron chi connectivity index (χ1n) is 15.6. The van der Waals surface area contributed by atoms with Crippen molar-refractivity contribution in [2.24, 2.45) is 17.6 Å². The Labute approximate surface area is 287 Å². The van der Waals surface area contributed by atoms with Crippen LogP contribution in [0.25, 0.3) is 0 Å². The molecule has 0 fully saturated rings. The number of carbonyl (C=O) groups is 8. The van der Waals surface area contributed by atoms with Crippen molar-refractivity contribution in [1.82, 2.24) is 26.6 Å². The van der Waals surface area contributed by atoms with Crippen LogP contribution >= 0.6 is 0 Å². The summed E-state index contributed by atoms with van der Waals surface area (Å²) in [4.78, 5) is 100. The Balaban J connectivity index is 3.21. The van der Waals surface area contributed by atoms with Gasteiger partial charge in [0.25, 0.3) is 0 Å². The molecule has 6 unspecified atom stereocenters. The van der Waals surface area contributed by atoms with Crippen molar-refractivity contribution in [3.63, 3.8) is 0 Å². The molecule has 0 saturated heterocycles. The lowest BCUT2D eigenvalue weighted by Crippen LogP contribution is -2.61. The Kier molecular flexibility index (Phi) is 17.3. The van der Waals surface area contributed by atoms with Gasteiger partial charge in [0.15, 0.2) is 0 Å². The second kappa shape index (κ2) is 20.3. The molecule has 1 rings (SSSR count). The van der Waals surface area contributed by atoms with Crippen LogP contribution in [0.3, 0.4) is 0 Å². The minimum Gasteiger partial charge on any atom is -0.508 e. The summed E-state index contributed by atoms with van der Waals surface area (Å²) in [5.74, 6) is -10.7. The predicted octanol–water partition coefficient (Wildman–Crippen LogP) is -2.59. The molecule has 0 bridgehead atoms. The number of aliphatic carboxylic acids is 3. The molecule has 50 heavy (non-hydrogen) atoms. The number of aliphatic hydroxyl groups excluding tert-OH is 1. The molecule has 5 amide bonds. The zero-order valence-electron chi connectivity index (χ0n) is 28.0. The summed E-state index contributed by atoms with van der Waals surface area (Å²) in [6, 6.07) is -3.50. The van der Waals surface area contributed by atoms with Crippen molar-refractivity contribution in [2.45, 2.75) is 89.6 Å². The van der Waals surface area contributed by atoms with Crippen LogP contribution in [0.2, 0.25) is 0 Å². The Bertz CT molecular complexity index is 1390. The molecule has 0 saturated carbocycles. The number of hydrogen-bond donors (Lipinski definition) is 11. The van der Waals surface area contributed by atoms with Crippen LogP contribution in [0.4, 0.5) is 0 Å². The number of phenolic OH excluding ortho intramolecular Hbond substituents is 1. The summed E-state index contributed by atoms with van der Waals surface area (Å²) < 4.78 is 0. The van der Waals surface area contributed by atoms with Gasteiger partial charge < -0.3 is 57.9 Å². The molecule has 1 aromatic rings. The molecule has 0 aromatic heterocycles.